The highest BCUT2D eigenvalue weighted by atomic mass is 19.1. The molecule has 0 saturated heterocycles. The molecule has 1 amide bonds. The molecular formula is C20H19FN2O7. The molecule has 0 aromatic heterocycles. The van der Waals surface area contributed by atoms with Crippen LogP contribution >= 0.6 is 0 Å². The van der Waals surface area contributed by atoms with Gasteiger partial charge in [0.25, 0.3) is 11.6 Å². The molecule has 0 fully saturated rings. The standard InChI is InChI=1S/C20H19FN2O7/c1-2-30-17(24)11-15(12-7-9-13(10-8-12)23(28)29)18(20(26)27)22-19(25)14-5-3-4-6-16(14)21/h3-10,15,18H,2,11H2,1H3,(H,22,25)(H,26,27)/t15-,18-/m0/s1. The van der Waals surface area contributed by atoms with Gasteiger partial charge in [0.05, 0.1) is 23.5 Å². The van der Waals surface area contributed by atoms with E-state index in [1.807, 2.05) is 0 Å². The average Bonchev–Trinajstić information content (AvgIpc) is 2.70. The van der Waals surface area contributed by atoms with E-state index in [1.165, 1.54) is 30.3 Å². The molecule has 0 saturated carbocycles. The summed E-state index contributed by atoms with van der Waals surface area (Å²) in [6.45, 7) is 1.64. The van der Waals surface area contributed by atoms with Crippen LogP contribution < -0.4 is 5.32 Å². The quantitative estimate of drug-likeness (QED) is 0.363. The van der Waals surface area contributed by atoms with Gasteiger partial charge in [-0.25, -0.2) is 9.18 Å². The van der Waals surface area contributed by atoms with Crippen molar-refractivity contribution in [2.75, 3.05) is 6.61 Å². The van der Waals surface area contributed by atoms with E-state index in [0.717, 1.165) is 18.2 Å². The second-order valence-electron chi connectivity index (χ2n) is 6.23. The van der Waals surface area contributed by atoms with Gasteiger partial charge in [0.1, 0.15) is 11.9 Å². The number of carbonyl (C=O) groups is 3. The van der Waals surface area contributed by atoms with E-state index in [4.69, 9.17) is 4.74 Å². The monoisotopic (exact) mass is 418 g/mol. The maximum atomic E-state index is 13.9. The van der Waals surface area contributed by atoms with Gasteiger partial charge >= 0.3 is 11.9 Å². The maximum Gasteiger partial charge on any atom is 0.326 e. The number of esters is 1. The number of carbonyl (C=O) groups excluding carboxylic acids is 2. The third-order valence-corrected chi connectivity index (χ3v) is 4.30. The zero-order valence-electron chi connectivity index (χ0n) is 15.9. The summed E-state index contributed by atoms with van der Waals surface area (Å²) in [4.78, 5) is 46.6. The van der Waals surface area contributed by atoms with Crippen LogP contribution in [0.25, 0.3) is 0 Å². The minimum absolute atomic E-state index is 0.0607. The molecule has 2 N–H and O–H groups in total. The third kappa shape index (κ3) is 5.60. The molecule has 30 heavy (non-hydrogen) atoms. The number of hydrogen-bond donors (Lipinski definition) is 2. The molecule has 10 heteroatoms. The first-order valence-corrected chi connectivity index (χ1v) is 8.92. The van der Waals surface area contributed by atoms with Crippen molar-refractivity contribution in [1.29, 1.82) is 0 Å². The fourth-order valence-electron chi connectivity index (χ4n) is 2.87. The Morgan fingerprint density at radius 3 is 2.33 bits per heavy atom. The number of hydrogen-bond acceptors (Lipinski definition) is 6. The molecule has 0 heterocycles. The van der Waals surface area contributed by atoms with Gasteiger partial charge < -0.3 is 15.2 Å². The van der Waals surface area contributed by atoms with Crippen LogP contribution in [0.4, 0.5) is 10.1 Å². The van der Waals surface area contributed by atoms with Crippen molar-refractivity contribution in [3.05, 3.63) is 75.6 Å². The van der Waals surface area contributed by atoms with E-state index >= 15 is 0 Å². The van der Waals surface area contributed by atoms with Crippen molar-refractivity contribution < 1.29 is 33.5 Å². The lowest BCUT2D eigenvalue weighted by atomic mass is 9.88. The van der Waals surface area contributed by atoms with Gasteiger partial charge in [-0.1, -0.05) is 24.3 Å². The van der Waals surface area contributed by atoms with E-state index < -0.39 is 47.0 Å². The van der Waals surface area contributed by atoms with E-state index in [9.17, 15) is 34.0 Å². The van der Waals surface area contributed by atoms with E-state index in [0.29, 0.717) is 0 Å². The highest BCUT2D eigenvalue weighted by Gasteiger charge is 2.34. The van der Waals surface area contributed by atoms with Gasteiger partial charge in [0, 0.05) is 18.1 Å². The van der Waals surface area contributed by atoms with E-state index in [2.05, 4.69) is 5.32 Å². The Bertz CT molecular complexity index is 946. The van der Waals surface area contributed by atoms with Crippen molar-refractivity contribution >= 4 is 23.5 Å². The van der Waals surface area contributed by atoms with Gasteiger partial charge in [-0.2, -0.15) is 0 Å². The highest BCUT2D eigenvalue weighted by molar-refractivity contribution is 5.97. The number of carboxylic acid groups (broad SMARTS) is 1. The maximum absolute atomic E-state index is 13.9. The molecule has 0 aliphatic carbocycles. The fraction of sp³-hybridized carbons (Fsp3) is 0.250. The molecule has 2 aromatic rings. The molecule has 0 spiro atoms. The van der Waals surface area contributed by atoms with Crippen molar-refractivity contribution in [1.82, 2.24) is 5.32 Å². The second-order valence-corrected chi connectivity index (χ2v) is 6.23. The van der Waals surface area contributed by atoms with Crippen molar-refractivity contribution in [2.45, 2.75) is 25.3 Å². The summed E-state index contributed by atoms with van der Waals surface area (Å²) in [5.74, 6) is -5.11. The van der Waals surface area contributed by atoms with Crippen LogP contribution in [-0.4, -0.2) is 40.5 Å². The Morgan fingerprint density at radius 1 is 1.17 bits per heavy atom. The van der Waals surface area contributed by atoms with Crippen LogP contribution in [0.3, 0.4) is 0 Å². The molecule has 158 valence electrons. The number of nitrogens with one attached hydrogen (secondary N) is 1. The summed E-state index contributed by atoms with van der Waals surface area (Å²) in [6.07, 6.45) is -0.416. The largest absolute Gasteiger partial charge is 0.480 e. The average molecular weight is 418 g/mol. The minimum atomic E-state index is -1.62. The van der Waals surface area contributed by atoms with Crippen LogP contribution in [0.5, 0.6) is 0 Å². The number of aliphatic carboxylic acids is 1. The van der Waals surface area contributed by atoms with Crippen molar-refractivity contribution in [3.8, 4) is 0 Å². The second kappa shape index (κ2) is 10.1. The lowest BCUT2D eigenvalue weighted by Crippen LogP contribution is -2.46. The molecule has 2 rings (SSSR count). The third-order valence-electron chi connectivity index (χ3n) is 4.30. The zero-order valence-corrected chi connectivity index (χ0v) is 15.9. The number of nitrogens with zero attached hydrogens (tertiary/aromatic N) is 1. The molecule has 0 aliphatic heterocycles. The Kier molecular flexibility index (Phi) is 7.56. The van der Waals surface area contributed by atoms with Gasteiger partial charge in [-0.05, 0) is 24.6 Å². The Labute approximate surface area is 170 Å². The predicted molar refractivity (Wildman–Crippen MR) is 102 cm³/mol. The number of amides is 1. The number of nitro benzene ring substituents is 1. The van der Waals surface area contributed by atoms with Gasteiger partial charge in [-0.15, -0.1) is 0 Å². The predicted octanol–water partition coefficient (Wildman–Crippen LogP) is 2.65. The minimum Gasteiger partial charge on any atom is -0.480 e. The SMILES string of the molecule is CCOC(=O)C[C@@H](c1ccc([N+](=O)[O-])cc1)[C@H](NC(=O)c1ccccc1F)C(=O)O. The van der Waals surface area contributed by atoms with Crippen LogP contribution in [0, 0.1) is 15.9 Å². The van der Waals surface area contributed by atoms with E-state index in [-0.39, 0.29) is 23.4 Å². The highest BCUT2D eigenvalue weighted by Crippen LogP contribution is 2.27. The Morgan fingerprint density at radius 2 is 1.80 bits per heavy atom. The molecule has 0 bridgehead atoms. The van der Waals surface area contributed by atoms with Gasteiger partial charge in [0.2, 0.25) is 0 Å². The number of nitro groups is 1. The fourth-order valence-corrected chi connectivity index (χ4v) is 2.87. The molecule has 0 aliphatic rings. The topological polar surface area (TPSA) is 136 Å². The van der Waals surface area contributed by atoms with Crippen LogP contribution in [-0.2, 0) is 14.3 Å². The first-order chi connectivity index (χ1) is 14.2. The summed E-state index contributed by atoms with van der Waals surface area (Å²) < 4.78 is 18.8. The van der Waals surface area contributed by atoms with Gasteiger partial charge in [0.15, 0.2) is 0 Å². The first-order valence-electron chi connectivity index (χ1n) is 8.92. The van der Waals surface area contributed by atoms with Crippen LogP contribution in [0.2, 0.25) is 0 Å². The Hall–Kier alpha value is -3.82. The van der Waals surface area contributed by atoms with E-state index in [1.54, 1.807) is 6.92 Å². The summed E-state index contributed by atoms with van der Waals surface area (Å²) in [7, 11) is 0. The zero-order chi connectivity index (χ0) is 22.3. The normalized spacial score (nSPS) is 12.5. The van der Waals surface area contributed by atoms with Crippen LogP contribution in [0.1, 0.15) is 35.2 Å². The summed E-state index contributed by atoms with van der Waals surface area (Å²) in [6, 6.07) is 8.33. The number of carboxylic acids is 1. The molecule has 2 aromatic carbocycles. The van der Waals surface area contributed by atoms with Crippen molar-refractivity contribution in [2.24, 2.45) is 0 Å². The molecule has 2 atom stereocenters. The molecule has 0 radical (unpaired) electrons. The summed E-state index contributed by atoms with van der Waals surface area (Å²) in [5.41, 5.74) is -0.326. The van der Waals surface area contributed by atoms with Crippen LogP contribution in [0.15, 0.2) is 48.5 Å². The van der Waals surface area contributed by atoms with Crippen molar-refractivity contribution in [3.63, 3.8) is 0 Å². The molecule has 0 unspecified atom stereocenters. The Balaban J connectivity index is 2.39. The number of ether oxygens (including phenoxy) is 1. The smallest absolute Gasteiger partial charge is 0.326 e. The number of halogens is 1. The van der Waals surface area contributed by atoms with Gasteiger partial charge in [-0.3, -0.25) is 19.7 Å². The molecule has 9 nitrogen and oxygen atoms in total. The molecular weight excluding hydrogens is 399 g/mol. The number of benzene rings is 2. The number of rotatable bonds is 9. The lowest BCUT2D eigenvalue weighted by molar-refractivity contribution is -0.384. The lowest BCUT2D eigenvalue weighted by Gasteiger charge is -2.25. The summed E-state index contributed by atoms with van der Waals surface area (Å²) in [5, 5.41) is 22.8. The summed E-state index contributed by atoms with van der Waals surface area (Å²) >= 11 is 0. The number of non-ortho nitro benzene ring substituents is 1. The first kappa shape index (κ1) is 22.5.